The lowest BCUT2D eigenvalue weighted by Gasteiger charge is -2.19. The van der Waals surface area contributed by atoms with Gasteiger partial charge in [0.05, 0.1) is 10.5 Å². The van der Waals surface area contributed by atoms with E-state index in [1.807, 2.05) is 6.08 Å². The van der Waals surface area contributed by atoms with Crippen LogP contribution in [0.5, 0.6) is 0 Å². The number of allylic oxidation sites excluding steroid dienone is 1. The lowest BCUT2D eigenvalue weighted by Crippen LogP contribution is -2.08. The molecule has 0 aromatic heterocycles. The molecule has 1 saturated carbocycles. The highest BCUT2D eigenvalue weighted by Gasteiger charge is 2.17. The van der Waals surface area contributed by atoms with Crippen LogP contribution in [-0.4, -0.2) is 25.7 Å². The number of carbonyl (C=O) groups is 1. The van der Waals surface area contributed by atoms with Crippen molar-refractivity contribution >= 4 is 21.4 Å². The quantitative estimate of drug-likeness (QED) is 0.867. The summed E-state index contributed by atoms with van der Waals surface area (Å²) < 4.78 is 22.9. The fourth-order valence-electron chi connectivity index (χ4n) is 2.71. The summed E-state index contributed by atoms with van der Waals surface area (Å²) >= 11 is 0. The van der Waals surface area contributed by atoms with Gasteiger partial charge in [-0.15, -0.1) is 0 Å². The summed E-state index contributed by atoms with van der Waals surface area (Å²) in [6.45, 7) is 0. The maximum atomic E-state index is 11.5. The molecule has 4 nitrogen and oxygen atoms in total. The van der Waals surface area contributed by atoms with E-state index in [1.54, 1.807) is 12.1 Å². The average Bonchev–Trinajstić information content (AvgIpc) is 2.45. The fraction of sp³-hybridized carbons (Fsp3) is 0.438. The zero-order chi connectivity index (χ0) is 15.5. The third kappa shape index (κ3) is 4.17. The van der Waals surface area contributed by atoms with Crippen molar-refractivity contribution < 1.29 is 18.3 Å². The average molecular weight is 308 g/mol. The Morgan fingerprint density at radius 3 is 2.19 bits per heavy atom. The van der Waals surface area contributed by atoms with E-state index in [0.29, 0.717) is 11.5 Å². The van der Waals surface area contributed by atoms with Crippen LogP contribution < -0.4 is 0 Å². The lowest BCUT2D eigenvalue weighted by molar-refractivity contribution is -0.130. The SMILES string of the molecule is CS(=O)(=O)c1ccc(/C(=C\C2CCCCC2)C(=O)O)cc1. The van der Waals surface area contributed by atoms with Crippen molar-refractivity contribution in [2.24, 2.45) is 5.92 Å². The lowest BCUT2D eigenvalue weighted by atomic mass is 9.87. The van der Waals surface area contributed by atoms with Crippen LogP contribution in [0.15, 0.2) is 35.2 Å². The van der Waals surface area contributed by atoms with Crippen LogP contribution in [0.4, 0.5) is 0 Å². The Kier molecular flexibility index (Phi) is 4.83. The van der Waals surface area contributed by atoms with Gasteiger partial charge in [-0.2, -0.15) is 0 Å². The van der Waals surface area contributed by atoms with Crippen molar-refractivity contribution in [3.63, 3.8) is 0 Å². The summed E-state index contributed by atoms with van der Waals surface area (Å²) in [4.78, 5) is 11.7. The molecule has 21 heavy (non-hydrogen) atoms. The van der Waals surface area contributed by atoms with E-state index in [2.05, 4.69) is 0 Å². The molecule has 1 aliphatic rings. The zero-order valence-electron chi connectivity index (χ0n) is 12.1. The Balaban J connectivity index is 2.30. The molecule has 1 aliphatic carbocycles. The highest BCUT2D eigenvalue weighted by Crippen LogP contribution is 2.28. The maximum absolute atomic E-state index is 11.5. The van der Waals surface area contributed by atoms with Crippen LogP contribution >= 0.6 is 0 Å². The van der Waals surface area contributed by atoms with Crippen molar-refractivity contribution in [1.82, 2.24) is 0 Å². The maximum Gasteiger partial charge on any atom is 0.335 e. The number of carboxylic acids is 1. The molecule has 1 N–H and O–H groups in total. The standard InChI is InChI=1S/C16H20O4S/c1-21(19,20)14-9-7-13(8-10-14)15(16(17)18)11-12-5-3-2-4-6-12/h7-12H,2-6H2,1H3,(H,17,18)/b15-11+. The predicted molar refractivity (Wildman–Crippen MR) is 81.7 cm³/mol. The number of hydrogen-bond acceptors (Lipinski definition) is 3. The highest BCUT2D eigenvalue weighted by atomic mass is 32.2. The first-order valence-corrected chi connectivity index (χ1v) is 9.02. The van der Waals surface area contributed by atoms with Crippen molar-refractivity contribution in [3.8, 4) is 0 Å². The van der Waals surface area contributed by atoms with Gasteiger partial charge in [0, 0.05) is 6.26 Å². The van der Waals surface area contributed by atoms with Gasteiger partial charge in [0.25, 0.3) is 0 Å². The fourth-order valence-corrected chi connectivity index (χ4v) is 3.34. The topological polar surface area (TPSA) is 71.4 Å². The first-order chi connectivity index (χ1) is 9.88. The van der Waals surface area contributed by atoms with E-state index in [1.165, 1.54) is 18.6 Å². The van der Waals surface area contributed by atoms with E-state index in [4.69, 9.17) is 0 Å². The number of carboxylic acid groups (broad SMARTS) is 1. The van der Waals surface area contributed by atoms with Crippen LogP contribution in [0, 0.1) is 5.92 Å². The van der Waals surface area contributed by atoms with E-state index in [0.717, 1.165) is 31.9 Å². The molecular weight excluding hydrogens is 288 g/mol. The van der Waals surface area contributed by atoms with Gasteiger partial charge in [0.15, 0.2) is 9.84 Å². The third-order valence-corrected chi connectivity index (χ3v) is 5.00. The van der Waals surface area contributed by atoms with Gasteiger partial charge in [0.1, 0.15) is 0 Å². The highest BCUT2D eigenvalue weighted by molar-refractivity contribution is 7.90. The minimum absolute atomic E-state index is 0.202. The molecule has 0 spiro atoms. The molecule has 1 aromatic rings. The van der Waals surface area contributed by atoms with Gasteiger partial charge in [0.2, 0.25) is 0 Å². The predicted octanol–water partition coefficient (Wildman–Crippen LogP) is 3.14. The molecule has 0 bridgehead atoms. The molecule has 1 fully saturated rings. The van der Waals surface area contributed by atoms with Crippen LogP contribution in [0.25, 0.3) is 5.57 Å². The molecule has 0 heterocycles. The Morgan fingerprint density at radius 1 is 1.14 bits per heavy atom. The van der Waals surface area contributed by atoms with E-state index >= 15 is 0 Å². The summed E-state index contributed by atoms with van der Waals surface area (Å²) in [6, 6.07) is 6.06. The largest absolute Gasteiger partial charge is 0.478 e. The van der Waals surface area contributed by atoms with Crippen molar-refractivity contribution in [1.29, 1.82) is 0 Å². The van der Waals surface area contributed by atoms with Gasteiger partial charge in [-0.3, -0.25) is 0 Å². The first kappa shape index (κ1) is 15.8. The van der Waals surface area contributed by atoms with Crippen molar-refractivity contribution in [2.45, 2.75) is 37.0 Å². The summed E-state index contributed by atoms with van der Waals surface area (Å²) in [7, 11) is -3.26. The van der Waals surface area contributed by atoms with Gasteiger partial charge < -0.3 is 5.11 Å². The molecular formula is C16H20O4S. The summed E-state index contributed by atoms with van der Waals surface area (Å²) in [6.07, 6.45) is 8.52. The first-order valence-electron chi connectivity index (χ1n) is 7.13. The Hall–Kier alpha value is -1.62. The molecule has 0 unspecified atom stereocenters. The van der Waals surface area contributed by atoms with Gasteiger partial charge in [-0.1, -0.05) is 37.5 Å². The normalized spacial score (nSPS) is 17.7. The number of rotatable bonds is 4. The van der Waals surface area contributed by atoms with Crippen molar-refractivity contribution in [3.05, 3.63) is 35.9 Å². The van der Waals surface area contributed by atoms with Crippen molar-refractivity contribution in [2.75, 3.05) is 6.26 Å². The minimum Gasteiger partial charge on any atom is -0.478 e. The molecule has 0 aliphatic heterocycles. The molecule has 0 atom stereocenters. The summed E-state index contributed by atoms with van der Waals surface area (Å²) in [5.74, 6) is -0.660. The van der Waals surface area contributed by atoms with Crippen LogP contribution in [0.1, 0.15) is 37.7 Å². The molecule has 5 heteroatoms. The number of hydrogen-bond donors (Lipinski definition) is 1. The monoisotopic (exact) mass is 308 g/mol. The van der Waals surface area contributed by atoms with Gasteiger partial charge >= 0.3 is 5.97 Å². The van der Waals surface area contributed by atoms with E-state index in [-0.39, 0.29) is 10.5 Å². The summed E-state index contributed by atoms with van der Waals surface area (Å²) in [5, 5.41) is 9.40. The second-order valence-corrected chi connectivity index (χ2v) is 7.60. The number of sulfone groups is 1. The second kappa shape index (κ2) is 6.43. The third-order valence-electron chi connectivity index (χ3n) is 3.88. The van der Waals surface area contributed by atoms with Crippen LogP contribution in [-0.2, 0) is 14.6 Å². The molecule has 0 radical (unpaired) electrons. The molecule has 0 saturated heterocycles. The molecule has 114 valence electrons. The Labute approximate surface area is 125 Å². The molecule has 1 aromatic carbocycles. The molecule has 0 amide bonds. The van der Waals surface area contributed by atoms with Crippen LogP contribution in [0.3, 0.4) is 0 Å². The zero-order valence-corrected chi connectivity index (χ0v) is 12.9. The smallest absolute Gasteiger partial charge is 0.335 e. The minimum atomic E-state index is -3.26. The summed E-state index contributed by atoms with van der Waals surface area (Å²) in [5.41, 5.74) is 0.822. The number of aliphatic carboxylic acids is 1. The Bertz CT molecular complexity index is 635. The van der Waals surface area contributed by atoms with Gasteiger partial charge in [-0.25, -0.2) is 13.2 Å². The Morgan fingerprint density at radius 2 is 1.71 bits per heavy atom. The second-order valence-electron chi connectivity index (χ2n) is 5.58. The molecule has 2 rings (SSSR count). The van der Waals surface area contributed by atoms with Gasteiger partial charge in [-0.05, 0) is 36.5 Å². The van der Waals surface area contributed by atoms with E-state index in [9.17, 15) is 18.3 Å². The van der Waals surface area contributed by atoms with Crippen LogP contribution in [0.2, 0.25) is 0 Å². The van der Waals surface area contributed by atoms with E-state index < -0.39 is 15.8 Å². The number of benzene rings is 1.